The molecule has 1 aromatic rings. The topological polar surface area (TPSA) is 155 Å². The van der Waals surface area contributed by atoms with Gasteiger partial charge in [0, 0.05) is 11.8 Å². The third-order valence-corrected chi connectivity index (χ3v) is 14.0. The minimum absolute atomic E-state index is 0.112. The normalized spacial score (nSPS) is 18.3. The van der Waals surface area contributed by atoms with Crippen LogP contribution in [0.3, 0.4) is 0 Å². The van der Waals surface area contributed by atoms with E-state index in [1.165, 1.54) is 0 Å². The van der Waals surface area contributed by atoms with Gasteiger partial charge in [0.15, 0.2) is 43.4 Å². The number of hydrogen-bond acceptors (Lipinski definition) is 12. The Morgan fingerprint density at radius 1 is 1.21 bits per heavy atom. The van der Waals surface area contributed by atoms with Gasteiger partial charge in [-0.25, -0.2) is 13.4 Å². The highest BCUT2D eigenvalue weighted by atomic mass is 32.2. The van der Waals surface area contributed by atoms with Crippen LogP contribution in [0.25, 0.3) is 0 Å². The first kappa shape index (κ1) is 38.6. The second kappa shape index (κ2) is 15.5. The number of ether oxygens (including phenoxy) is 3. The van der Waals surface area contributed by atoms with Gasteiger partial charge in [0.1, 0.15) is 0 Å². The quantitative estimate of drug-likeness (QED) is 0.0775. The molecule has 2 heterocycles. The minimum Gasteiger partial charge on any atom is -0.741 e. The van der Waals surface area contributed by atoms with Gasteiger partial charge in [-0.3, -0.25) is 4.57 Å². The minimum atomic E-state index is -6.09. The van der Waals surface area contributed by atoms with E-state index in [9.17, 15) is 17.7 Å². The van der Waals surface area contributed by atoms with E-state index in [2.05, 4.69) is 50.8 Å². The number of hydrogen-bond donors (Lipinski definition) is 0. The summed E-state index contributed by atoms with van der Waals surface area (Å²) >= 11 is 0. The van der Waals surface area contributed by atoms with E-state index in [1.54, 1.807) is 33.6 Å². The Hall–Kier alpha value is -1.46. The lowest BCUT2D eigenvalue weighted by Gasteiger charge is -2.42. The van der Waals surface area contributed by atoms with E-state index < -0.39 is 31.5 Å². The summed E-state index contributed by atoms with van der Waals surface area (Å²) in [5.41, 5.74) is -4.96. The molecule has 0 saturated carbocycles. The maximum atomic E-state index is 12.7. The summed E-state index contributed by atoms with van der Waals surface area (Å²) < 4.78 is 106. The number of aromatic nitrogens is 2. The Bertz CT molecular complexity index is 1150. The fourth-order valence-electron chi connectivity index (χ4n) is 3.35. The molecule has 0 amide bonds. The van der Waals surface area contributed by atoms with Crippen molar-refractivity contribution in [2.75, 3.05) is 26.2 Å². The van der Waals surface area contributed by atoms with E-state index >= 15 is 0 Å². The standard InChI is InChI=1S/C23H42N2O7PSi.CHF3O3S/c1-10-29-33(26,30-11-2)16-28-21-18(5)14-24-22(25-21)32-19-12-13-27-20(19)15-31-34(8,9)23(6,7)17(3)4;2-1(3,4)8(5,6)7/h13-14,17,19-20H,10-12,15-16H2,1-9H3;(H,5,6,7)/q+1;/p-1/t19-,20-;/m1./s1. The van der Waals surface area contributed by atoms with Crippen LogP contribution in [0.15, 0.2) is 6.20 Å². The van der Waals surface area contributed by atoms with E-state index in [4.69, 9.17) is 40.7 Å². The summed E-state index contributed by atoms with van der Waals surface area (Å²) in [6.45, 7) is 21.5. The molecule has 1 aliphatic rings. The molecule has 1 saturated heterocycles. The van der Waals surface area contributed by atoms with Gasteiger partial charge in [-0.1, -0.05) is 27.7 Å². The molecule has 1 aliphatic heterocycles. The maximum Gasteiger partial charge on any atom is 0.485 e. The summed E-state index contributed by atoms with van der Waals surface area (Å²) in [6.07, 6.45) is 1.44. The van der Waals surface area contributed by atoms with E-state index in [0.717, 1.165) is 0 Å². The van der Waals surface area contributed by atoms with Crippen molar-refractivity contribution in [1.82, 2.24) is 9.97 Å². The van der Waals surface area contributed by atoms with Gasteiger partial charge < -0.3 is 27.5 Å². The largest absolute Gasteiger partial charge is 0.741 e. The number of nitrogens with zero attached hydrogens (tertiary/aromatic N) is 2. The summed E-state index contributed by atoms with van der Waals surface area (Å²) in [4.78, 5) is 8.65. The SMILES string of the molecule is CCOP(=O)(COc1nc(O[C@@H]2C[CH+]O[C@@H]2CO[Si](C)(C)C(C)(C)C(C)C)ncc1C)OCC.O=S(=O)([O-])C(F)(F)F. The summed E-state index contributed by atoms with van der Waals surface area (Å²) in [7, 11) is -11.4. The molecular formula is C24H42F3N2O10PSSi. The number of alkyl halides is 3. The zero-order valence-corrected chi connectivity index (χ0v) is 28.1. The lowest BCUT2D eigenvalue weighted by molar-refractivity contribution is -0.0517. The zero-order valence-electron chi connectivity index (χ0n) is 25.4. The Labute approximate surface area is 247 Å². The van der Waals surface area contributed by atoms with Crippen molar-refractivity contribution in [2.24, 2.45) is 5.92 Å². The Balaban J connectivity index is 0.000000962. The van der Waals surface area contributed by atoms with E-state index in [1.807, 2.05) is 0 Å². The first-order valence-electron chi connectivity index (χ1n) is 13.2. The summed E-state index contributed by atoms with van der Waals surface area (Å²) in [6, 6.07) is 0.163. The summed E-state index contributed by atoms with van der Waals surface area (Å²) in [5.74, 6) is 0.782. The molecule has 0 radical (unpaired) electrons. The fraction of sp³-hybridized carbons (Fsp3) is 0.792. The Morgan fingerprint density at radius 3 is 2.24 bits per heavy atom. The smallest absolute Gasteiger partial charge is 0.485 e. The second-order valence-electron chi connectivity index (χ2n) is 10.7. The molecule has 0 aliphatic carbocycles. The van der Waals surface area contributed by atoms with Crippen LogP contribution in [0.2, 0.25) is 18.1 Å². The molecule has 0 N–H and O–H groups in total. The lowest BCUT2D eigenvalue weighted by Crippen LogP contribution is -2.47. The van der Waals surface area contributed by atoms with Crippen LogP contribution in [0.4, 0.5) is 13.2 Å². The zero-order chi connectivity index (χ0) is 32.6. The molecule has 18 heteroatoms. The molecule has 244 valence electrons. The molecule has 0 unspecified atom stereocenters. The van der Waals surface area contributed by atoms with Crippen molar-refractivity contribution < 1.29 is 58.4 Å². The summed E-state index contributed by atoms with van der Waals surface area (Å²) in [5, 5.41) is 0.112. The van der Waals surface area contributed by atoms with Gasteiger partial charge in [0.2, 0.25) is 12.5 Å². The van der Waals surface area contributed by atoms with Crippen molar-refractivity contribution in [3.63, 3.8) is 0 Å². The third-order valence-electron chi connectivity index (χ3n) is 7.07. The van der Waals surface area contributed by atoms with Crippen molar-refractivity contribution >= 4 is 26.0 Å². The average Bonchev–Trinajstić information content (AvgIpc) is 3.29. The third kappa shape index (κ3) is 11.2. The van der Waals surface area contributed by atoms with Gasteiger partial charge in [-0.05, 0) is 44.8 Å². The molecule has 0 aromatic carbocycles. The number of halogens is 3. The van der Waals surface area contributed by atoms with Gasteiger partial charge in [0.25, 0.3) is 0 Å². The van der Waals surface area contributed by atoms with Crippen molar-refractivity contribution in [1.29, 1.82) is 0 Å². The predicted octanol–water partition coefficient (Wildman–Crippen LogP) is 5.79. The number of aryl methyl sites for hydroxylation is 1. The van der Waals surface area contributed by atoms with Crippen LogP contribution in [-0.4, -0.2) is 75.1 Å². The molecule has 0 spiro atoms. The highest BCUT2D eigenvalue weighted by Crippen LogP contribution is 2.48. The van der Waals surface area contributed by atoms with Gasteiger partial charge in [-0.2, -0.15) is 22.9 Å². The molecule has 1 aromatic heterocycles. The van der Waals surface area contributed by atoms with Gasteiger partial charge in [-0.15, -0.1) is 0 Å². The molecule has 0 bridgehead atoms. The first-order chi connectivity index (χ1) is 19.1. The van der Waals surface area contributed by atoms with Gasteiger partial charge >= 0.3 is 19.1 Å². The van der Waals surface area contributed by atoms with Crippen LogP contribution in [0, 0.1) is 19.4 Å². The Morgan fingerprint density at radius 2 is 1.76 bits per heavy atom. The van der Waals surface area contributed by atoms with Crippen molar-refractivity contribution in [3.05, 3.63) is 18.4 Å². The first-order valence-corrected chi connectivity index (χ1v) is 19.3. The van der Waals surface area contributed by atoms with Crippen LogP contribution < -0.4 is 9.47 Å². The maximum absolute atomic E-state index is 12.7. The van der Waals surface area contributed by atoms with Crippen LogP contribution >= 0.6 is 7.60 Å². The van der Waals surface area contributed by atoms with Crippen LogP contribution in [0.5, 0.6) is 11.9 Å². The van der Waals surface area contributed by atoms with Crippen LogP contribution in [0.1, 0.15) is 53.5 Å². The highest BCUT2D eigenvalue weighted by Gasteiger charge is 2.46. The van der Waals surface area contributed by atoms with Crippen molar-refractivity contribution in [2.45, 2.75) is 90.7 Å². The van der Waals surface area contributed by atoms with Crippen LogP contribution in [-0.2, 0) is 32.9 Å². The predicted molar refractivity (Wildman–Crippen MR) is 149 cm³/mol. The molecule has 1 fully saturated rings. The average molecular weight is 667 g/mol. The molecule has 12 nitrogen and oxygen atoms in total. The fourth-order valence-corrected chi connectivity index (χ4v) is 6.98. The van der Waals surface area contributed by atoms with E-state index in [-0.39, 0.29) is 48.7 Å². The molecule has 2 atom stereocenters. The van der Waals surface area contributed by atoms with Gasteiger partial charge in [0.05, 0.1) is 19.8 Å². The second-order valence-corrected chi connectivity index (χ2v) is 18.7. The Kier molecular flexibility index (Phi) is 14.2. The molecule has 2 rings (SSSR count). The van der Waals surface area contributed by atoms with E-state index in [0.29, 0.717) is 24.5 Å². The number of rotatable bonds is 14. The molecule has 42 heavy (non-hydrogen) atoms. The van der Waals surface area contributed by atoms with Crippen molar-refractivity contribution in [3.8, 4) is 11.9 Å². The highest BCUT2D eigenvalue weighted by molar-refractivity contribution is 7.86. The molecular weight excluding hydrogens is 624 g/mol. The lowest BCUT2D eigenvalue weighted by atomic mass is 9.99. The monoisotopic (exact) mass is 666 g/mol.